The van der Waals surface area contributed by atoms with Gasteiger partial charge in [-0.15, -0.1) is 0 Å². The van der Waals surface area contributed by atoms with Gasteiger partial charge in [-0.3, -0.25) is 0 Å². The van der Waals surface area contributed by atoms with E-state index in [-0.39, 0.29) is 11.0 Å². The molecule has 0 bridgehead atoms. The zero-order valence-corrected chi connectivity index (χ0v) is 11.4. The van der Waals surface area contributed by atoms with E-state index in [2.05, 4.69) is 5.32 Å². The lowest BCUT2D eigenvalue weighted by Gasteiger charge is -2.15. The minimum Gasteiger partial charge on any atom is -0.399 e. The number of primary sulfonamides is 1. The van der Waals surface area contributed by atoms with Gasteiger partial charge in [-0.05, 0) is 43.4 Å². The van der Waals surface area contributed by atoms with Crippen LogP contribution in [-0.4, -0.2) is 26.2 Å². The lowest BCUT2D eigenvalue weighted by molar-refractivity contribution is 0.178. The molecule has 0 aliphatic heterocycles. The number of nitrogens with two attached hydrogens (primary N) is 2. The predicted molar refractivity (Wildman–Crippen MR) is 74.1 cm³/mol. The highest BCUT2D eigenvalue weighted by molar-refractivity contribution is 7.89. The maximum absolute atomic E-state index is 11.5. The van der Waals surface area contributed by atoms with Crippen molar-refractivity contribution >= 4 is 21.4 Å². The fourth-order valence-electron chi connectivity index (χ4n) is 2.41. The molecule has 0 aromatic heterocycles. The first-order valence-corrected chi connectivity index (χ1v) is 7.75. The van der Waals surface area contributed by atoms with Crippen molar-refractivity contribution in [3.05, 3.63) is 18.2 Å². The summed E-state index contributed by atoms with van der Waals surface area (Å²) in [7, 11) is -3.80. The lowest BCUT2D eigenvalue weighted by atomic mass is 10.1. The smallest absolute Gasteiger partial charge is 0.240 e. The van der Waals surface area contributed by atoms with Gasteiger partial charge in [-0.1, -0.05) is 0 Å². The van der Waals surface area contributed by atoms with E-state index in [0.717, 1.165) is 19.3 Å². The maximum Gasteiger partial charge on any atom is 0.240 e. The second kappa shape index (κ2) is 5.36. The fraction of sp³-hybridized carbons (Fsp3) is 0.500. The number of benzene rings is 1. The number of aliphatic hydroxyl groups is 1. The summed E-state index contributed by atoms with van der Waals surface area (Å²) >= 11 is 0. The largest absolute Gasteiger partial charge is 0.399 e. The average molecular weight is 285 g/mol. The van der Waals surface area contributed by atoms with E-state index in [1.807, 2.05) is 0 Å². The summed E-state index contributed by atoms with van der Waals surface area (Å²) in [5.41, 5.74) is 6.39. The van der Waals surface area contributed by atoms with Crippen LogP contribution in [0.2, 0.25) is 0 Å². The molecule has 19 heavy (non-hydrogen) atoms. The lowest BCUT2D eigenvalue weighted by Crippen LogP contribution is -2.18. The zero-order valence-electron chi connectivity index (χ0n) is 10.5. The number of rotatable bonds is 4. The minimum atomic E-state index is -3.80. The summed E-state index contributed by atoms with van der Waals surface area (Å²) in [5.74, 6) is 0.348. The molecule has 1 aliphatic carbocycles. The van der Waals surface area contributed by atoms with Gasteiger partial charge in [0, 0.05) is 12.2 Å². The van der Waals surface area contributed by atoms with Crippen molar-refractivity contribution < 1.29 is 13.5 Å². The third-order valence-electron chi connectivity index (χ3n) is 3.41. The monoisotopic (exact) mass is 285 g/mol. The van der Waals surface area contributed by atoms with Crippen molar-refractivity contribution in [2.24, 2.45) is 11.1 Å². The van der Waals surface area contributed by atoms with Crippen LogP contribution in [0.3, 0.4) is 0 Å². The van der Waals surface area contributed by atoms with Crippen molar-refractivity contribution in [1.29, 1.82) is 0 Å². The van der Waals surface area contributed by atoms with Crippen LogP contribution < -0.4 is 16.2 Å². The SMILES string of the molecule is Nc1ccc(NCC2CCC(O)C2)c(S(N)(=O)=O)c1. The van der Waals surface area contributed by atoms with Crippen molar-refractivity contribution in [3.8, 4) is 0 Å². The first-order chi connectivity index (χ1) is 8.86. The molecule has 7 heteroatoms. The molecule has 1 fully saturated rings. The molecule has 2 atom stereocenters. The van der Waals surface area contributed by atoms with Crippen LogP contribution in [0.4, 0.5) is 11.4 Å². The van der Waals surface area contributed by atoms with Gasteiger partial charge in [0.25, 0.3) is 0 Å². The first-order valence-electron chi connectivity index (χ1n) is 6.20. The summed E-state index contributed by atoms with van der Waals surface area (Å²) < 4.78 is 23.0. The van der Waals surface area contributed by atoms with Gasteiger partial charge < -0.3 is 16.2 Å². The minimum absolute atomic E-state index is 0.00560. The van der Waals surface area contributed by atoms with Crippen LogP contribution >= 0.6 is 0 Å². The van der Waals surface area contributed by atoms with E-state index in [4.69, 9.17) is 10.9 Å². The highest BCUT2D eigenvalue weighted by atomic mass is 32.2. The van der Waals surface area contributed by atoms with Crippen molar-refractivity contribution in [3.63, 3.8) is 0 Å². The molecular formula is C12H19N3O3S. The number of nitrogen functional groups attached to an aromatic ring is 1. The normalized spacial score (nSPS) is 23.5. The van der Waals surface area contributed by atoms with E-state index in [0.29, 0.717) is 23.8 Å². The highest BCUT2D eigenvalue weighted by Gasteiger charge is 2.23. The van der Waals surface area contributed by atoms with Crippen LogP contribution in [-0.2, 0) is 10.0 Å². The topological polar surface area (TPSA) is 118 Å². The molecule has 0 amide bonds. The molecule has 1 saturated carbocycles. The summed E-state index contributed by atoms with van der Waals surface area (Å²) in [6.45, 7) is 0.615. The number of anilines is 2. The second-order valence-electron chi connectivity index (χ2n) is 5.01. The molecule has 0 heterocycles. The molecule has 0 saturated heterocycles. The van der Waals surface area contributed by atoms with Gasteiger partial charge in [-0.2, -0.15) is 0 Å². The average Bonchev–Trinajstić information content (AvgIpc) is 2.72. The number of aliphatic hydroxyl groups excluding tert-OH is 1. The van der Waals surface area contributed by atoms with Crippen molar-refractivity contribution in [2.45, 2.75) is 30.3 Å². The molecule has 1 aliphatic rings. The number of hydrogen-bond acceptors (Lipinski definition) is 5. The van der Waals surface area contributed by atoms with Crippen molar-refractivity contribution in [2.75, 3.05) is 17.6 Å². The maximum atomic E-state index is 11.5. The molecular weight excluding hydrogens is 266 g/mol. The Bertz CT molecular complexity index is 559. The van der Waals surface area contributed by atoms with Gasteiger partial charge in [0.1, 0.15) is 4.90 Å². The summed E-state index contributed by atoms with van der Waals surface area (Å²) in [4.78, 5) is 0.00560. The van der Waals surface area contributed by atoms with E-state index < -0.39 is 10.0 Å². The number of hydrogen-bond donors (Lipinski definition) is 4. The fourth-order valence-corrected chi connectivity index (χ4v) is 3.16. The van der Waals surface area contributed by atoms with Crippen LogP contribution in [0.25, 0.3) is 0 Å². The zero-order chi connectivity index (χ0) is 14.0. The summed E-state index contributed by atoms with van der Waals surface area (Å²) in [5, 5.41) is 17.7. The summed E-state index contributed by atoms with van der Waals surface area (Å²) in [6, 6.07) is 4.59. The van der Waals surface area contributed by atoms with Gasteiger partial charge in [0.2, 0.25) is 10.0 Å². The Kier molecular flexibility index (Phi) is 3.98. The standard InChI is InChI=1S/C12H19N3O3S/c13-9-2-4-11(12(6-9)19(14,17)18)15-7-8-1-3-10(16)5-8/h2,4,6,8,10,15-16H,1,3,5,7,13H2,(H2,14,17,18). The Labute approximate surface area is 112 Å². The Morgan fingerprint density at radius 2 is 2.11 bits per heavy atom. The molecule has 6 nitrogen and oxygen atoms in total. The molecule has 106 valence electrons. The Morgan fingerprint density at radius 1 is 1.37 bits per heavy atom. The highest BCUT2D eigenvalue weighted by Crippen LogP contribution is 2.27. The Hall–Kier alpha value is -1.31. The predicted octanol–water partition coefficient (Wildman–Crippen LogP) is 0.489. The van der Waals surface area contributed by atoms with Gasteiger partial charge in [0.15, 0.2) is 0 Å². The molecule has 2 rings (SSSR count). The molecule has 1 aromatic rings. The molecule has 0 radical (unpaired) electrons. The van der Waals surface area contributed by atoms with Crippen molar-refractivity contribution in [1.82, 2.24) is 0 Å². The molecule has 0 spiro atoms. The number of sulfonamides is 1. The van der Waals surface area contributed by atoms with Gasteiger partial charge >= 0.3 is 0 Å². The quantitative estimate of drug-likeness (QED) is 0.600. The Balaban J connectivity index is 2.12. The number of nitrogens with one attached hydrogen (secondary N) is 1. The molecule has 1 aromatic carbocycles. The Morgan fingerprint density at radius 3 is 2.68 bits per heavy atom. The first kappa shape index (κ1) is 14.1. The van der Waals surface area contributed by atoms with E-state index >= 15 is 0 Å². The van der Waals surface area contributed by atoms with Gasteiger partial charge in [0.05, 0.1) is 11.8 Å². The van der Waals surface area contributed by atoms with E-state index in [9.17, 15) is 13.5 Å². The third kappa shape index (κ3) is 3.59. The molecule has 6 N–H and O–H groups in total. The van der Waals surface area contributed by atoms with Gasteiger partial charge in [-0.25, -0.2) is 13.6 Å². The van der Waals surface area contributed by atoms with Crippen LogP contribution in [0.1, 0.15) is 19.3 Å². The molecule has 2 unspecified atom stereocenters. The summed E-state index contributed by atoms with van der Waals surface area (Å²) in [6.07, 6.45) is 2.24. The van der Waals surface area contributed by atoms with Crippen LogP contribution in [0, 0.1) is 5.92 Å². The van der Waals surface area contributed by atoms with Crippen LogP contribution in [0.5, 0.6) is 0 Å². The van der Waals surface area contributed by atoms with E-state index in [1.54, 1.807) is 12.1 Å². The van der Waals surface area contributed by atoms with Crippen LogP contribution in [0.15, 0.2) is 23.1 Å². The third-order valence-corrected chi connectivity index (χ3v) is 4.36. The van der Waals surface area contributed by atoms with E-state index in [1.165, 1.54) is 6.07 Å². The second-order valence-corrected chi connectivity index (χ2v) is 6.54.